The number of aliphatic carboxylic acids is 1. The van der Waals surface area contributed by atoms with Crippen LogP contribution >= 0.6 is 11.3 Å². The molecule has 0 aromatic carbocycles. The molecule has 8 nitrogen and oxygen atoms in total. The van der Waals surface area contributed by atoms with Crippen LogP contribution in [-0.2, 0) is 14.4 Å². The van der Waals surface area contributed by atoms with Gasteiger partial charge in [0, 0.05) is 6.42 Å². The smallest absolute Gasteiger partial charge is 0.326 e. The molecule has 21 heavy (non-hydrogen) atoms. The van der Waals surface area contributed by atoms with E-state index in [1.165, 1.54) is 11.3 Å². The van der Waals surface area contributed by atoms with Crippen LogP contribution in [0.2, 0.25) is 0 Å². The van der Waals surface area contributed by atoms with E-state index >= 15 is 0 Å². The first-order valence-corrected chi connectivity index (χ1v) is 6.90. The number of amides is 3. The molecule has 9 heteroatoms. The van der Waals surface area contributed by atoms with Crippen LogP contribution in [0.15, 0.2) is 17.5 Å². The van der Waals surface area contributed by atoms with E-state index in [4.69, 9.17) is 10.8 Å². The van der Waals surface area contributed by atoms with Gasteiger partial charge in [0.1, 0.15) is 6.04 Å². The van der Waals surface area contributed by atoms with Gasteiger partial charge in [0.2, 0.25) is 11.8 Å². The summed E-state index contributed by atoms with van der Waals surface area (Å²) in [4.78, 5) is 45.2. The summed E-state index contributed by atoms with van der Waals surface area (Å²) in [5.41, 5.74) is 4.92. The second-order valence-electron chi connectivity index (χ2n) is 4.12. The standard InChI is InChI=1S/C12H15N3O5S/c13-9(16)4-3-7(12(19)20)15-10(17)6-14-11(18)8-2-1-5-21-8/h1-2,5,7H,3-4,6H2,(H2,13,16)(H,14,18)(H,15,17)(H,19,20)/t7-/m1/s1. The predicted molar refractivity (Wildman–Crippen MR) is 74.6 cm³/mol. The van der Waals surface area contributed by atoms with E-state index in [9.17, 15) is 19.2 Å². The van der Waals surface area contributed by atoms with Crippen molar-refractivity contribution in [2.24, 2.45) is 5.73 Å². The van der Waals surface area contributed by atoms with Gasteiger partial charge in [-0.05, 0) is 17.9 Å². The summed E-state index contributed by atoms with van der Waals surface area (Å²) in [5, 5.41) is 15.2. The minimum absolute atomic E-state index is 0.102. The molecule has 5 N–H and O–H groups in total. The van der Waals surface area contributed by atoms with Crippen molar-refractivity contribution >= 4 is 35.0 Å². The average Bonchev–Trinajstić information content (AvgIpc) is 2.94. The van der Waals surface area contributed by atoms with Crippen molar-refractivity contribution in [3.05, 3.63) is 22.4 Å². The van der Waals surface area contributed by atoms with Gasteiger partial charge in [-0.1, -0.05) is 6.07 Å². The van der Waals surface area contributed by atoms with Crippen LogP contribution in [0.3, 0.4) is 0 Å². The van der Waals surface area contributed by atoms with E-state index in [0.717, 1.165) is 0 Å². The molecule has 114 valence electrons. The Hall–Kier alpha value is -2.42. The van der Waals surface area contributed by atoms with E-state index in [-0.39, 0.29) is 19.4 Å². The Morgan fingerprint density at radius 3 is 2.57 bits per heavy atom. The molecule has 1 aromatic rings. The number of primary amides is 1. The van der Waals surface area contributed by atoms with Crippen LogP contribution in [0.1, 0.15) is 22.5 Å². The van der Waals surface area contributed by atoms with Crippen molar-refractivity contribution in [2.45, 2.75) is 18.9 Å². The quantitative estimate of drug-likeness (QED) is 0.503. The van der Waals surface area contributed by atoms with Gasteiger partial charge in [-0.25, -0.2) is 4.79 Å². The molecule has 3 amide bonds. The van der Waals surface area contributed by atoms with E-state index < -0.39 is 29.7 Å². The molecule has 0 unspecified atom stereocenters. The zero-order valence-electron chi connectivity index (χ0n) is 11.0. The molecule has 0 saturated carbocycles. The number of carbonyl (C=O) groups is 4. The maximum Gasteiger partial charge on any atom is 0.326 e. The van der Waals surface area contributed by atoms with Crippen LogP contribution in [0.25, 0.3) is 0 Å². The lowest BCUT2D eigenvalue weighted by Crippen LogP contribution is -2.45. The molecule has 1 heterocycles. The highest BCUT2D eigenvalue weighted by molar-refractivity contribution is 7.12. The predicted octanol–water partition coefficient (Wildman–Crippen LogP) is -0.687. The Labute approximate surface area is 124 Å². The highest BCUT2D eigenvalue weighted by Crippen LogP contribution is 2.07. The minimum atomic E-state index is -1.27. The number of rotatable bonds is 8. The second-order valence-corrected chi connectivity index (χ2v) is 5.07. The Kier molecular flexibility index (Phi) is 6.34. The Balaban J connectivity index is 2.41. The zero-order valence-corrected chi connectivity index (χ0v) is 11.8. The average molecular weight is 313 g/mol. The Bertz CT molecular complexity index is 529. The van der Waals surface area contributed by atoms with Gasteiger partial charge in [-0.3, -0.25) is 14.4 Å². The van der Waals surface area contributed by atoms with Crippen LogP contribution in [0.5, 0.6) is 0 Å². The number of thiophene rings is 1. The number of nitrogens with one attached hydrogen (secondary N) is 2. The highest BCUT2D eigenvalue weighted by Gasteiger charge is 2.20. The lowest BCUT2D eigenvalue weighted by molar-refractivity contribution is -0.142. The van der Waals surface area contributed by atoms with Crippen molar-refractivity contribution < 1.29 is 24.3 Å². The summed E-state index contributed by atoms with van der Waals surface area (Å²) in [6.45, 7) is -0.350. The molecule has 0 aliphatic rings. The van der Waals surface area contributed by atoms with Gasteiger partial charge >= 0.3 is 5.97 Å². The number of carboxylic acids is 1. The maximum absolute atomic E-state index is 11.6. The minimum Gasteiger partial charge on any atom is -0.480 e. The number of hydrogen-bond acceptors (Lipinski definition) is 5. The van der Waals surface area contributed by atoms with E-state index in [2.05, 4.69) is 10.6 Å². The summed E-state index contributed by atoms with van der Waals surface area (Å²) in [6, 6.07) is 2.08. The summed E-state index contributed by atoms with van der Waals surface area (Å²) < 4.78 is 0. The van der Waals surface area contributed by atoms with Gasteiger partial charge < -0.3 is 21.5 Å². The Morgan fingerprint density at radius 2 is 2.05 bits per heavy atom. The Morgan fingerprint density at radius 1 is 1.33 bits per heavy atom. The molecule has 0 aliphatic carbocycles. The van der Waals surface area contributed by atoms with Crippen LogP contribution in [0.4, 0.5) is 0 Å². The van der Waals surface area contributed by atoms with E-state index in [1.807, 2.05) is 0 Å². The van der Waals surface area contributed by atoms with Crippen molar-refractivity contribution in [3.63, 3.8) is 0 Å². The largest absolute Gasteiger partial charge is 0.480 e. The SMILES string of the molecule is NC(=O)CC[C@@H](NC(=O)CNC(=O)c1cccs1)C(=O)O. The van der Waals surface area contributed by atoms with Gasteiger partial charge in [-0.2, -0.15) is 0 Å². The summed E-state index contributed by atoms with van der Waals surface area (Å²) in [5.74, 6) is -2.99. The maximum atomic E-state index is 11.6. The molecular formula is C12H15N3O5S. The molecule has 1 rings (SSSR count). The summed E-state index contributed by atoms with van der Waals surface area (Å²) in [6.07, 6.45) is -0.256. The second kappa shape index (κ2) is 8.00. The fraction of sp³-hybridized carbons (Fsp3) is 0.333. The lowest BCUT2D eigenvalue weighted by Gasteiger charge is -2.13. The first-order valence-electron chi connectivity index (χ1n) is 6.02. The van der Waals surface area contributed by atoms with Crippen LogP contribution in [-0.4, -0.2) is 41.4 Å². The third-order valence-electron chi connectivity index (χ3n) is 2.47. The molecule has 0 aliphatic heterocycles. The van der Waals surface area contributed by atoms with Crippen LogP contribution in [0, 0.1) is 0 Å². The number of carboxylic acid groups (broad SMARTS) is 1. The third kappa shape index (κ3) is 6.04. The van der Waals surface area contributed by atoms with Crippen molar-refractivity contribution in [3.8, 4) is 0 Å². The van der Waals surface area contributed by atoms with Crippen molar-refractivity contribution in [2.75, 3.05) is 6.54 Å². The van der Waals surface area contributed by atoms with E-state index in [1.54, 1.807) is 17.5 Å². The van der Waals surface area contributed by atoms with E-state index in [0.29, 0.717) is 4.88 Å². The first-order chi connectivity index (χ1) is 9.90. The molecule has 0 fully saturated rings. The molecule has 0 spiro atoms. The number of hydrogen-bond donors (Lipinski definition) is 4. The molecule has 1 aromatic heterocycles. The molecule has 1 atom stereocenters. The first kappa shape index (κ1) is 16.6. The van der Waals surface area contributed by atoms with Gasteiger partial charge in [-0.15, -0.1) is 11.3 Å². The summed E-state index contributed by atoms with van der Waals surface area (Å²) in [7, 11) is 0. The fourth-order valence-corrected chi connectivity index (χ4v) is 2.08. The highest BCUT2D eigenvalue weighted by atomic mass is 32.1. The van der Waals surface area contributed by atoms with Crippen molar-refractivity contribution in [1.29, 1.82) is 0 Å². The summed E-state index contributed by atoms with van der Waals surface area (Å²) >= 11 is 1.22. The molecule has 0 bridgehead atoms. The number of nitrogens with two attached hydrogens (primary N) is 1. The number of carbonyl (C=O) groups excluding carboxylic acids is 3. The monoisotopic (exact) mass is 313 g/mol. The normalized spacial score (nSPS) is 11.4. The molecule has 0 saturated heterocycles. The van der Waals surface area contributed by atoms with Gasteiger partial charge in [0.05, 0.1) is 11.4 Å². The van der Waals surface area contributed by atoms with Crippen molar-refractivity contribution in [1.82, 2.24) is 10.6 Å². The third-order valence-corrected chi connectivity index (χ3v) is 3.34. The van der Waals surface area contributed by atoms with Gasteiger partial charge in [0.15, 0.2) is 0 Å². The topological polar surface area (TPSA) is 139 Å². The zero-order chi connectivity index (χ0) is 15.8. The lowest BCUT2D eigenvalue weighted by atomic mass is 10.1. The molecule has 0 radical (unpaired) electrons. The van der Waals surface area contributed by atoms with Crippen LogP contribution < -0.4 is 16.4 Å². The molecular weight excluding hydrogens is 298 g/mol. The fourth-order valence-electron chi connectivity index (χ4n) is 1.44. The van der Waals surface area contributed by atoms with Gasteiger partial charge in [0.25, 0.3) is 5.91 Å².